The highest BCUT2D eigenvalue weighted by atomic mass is 19.1. The number of hydrogen-bond acceptors (Lipinski definition) is 3. The minimum Gasteiger partial charge on any atom is -0.507 e. The highest BCUT2D eigenvalue weighted by molar-refractivity contribution is 6.14. The number of carbonyl (C=O) groups is 1. The van der Waals surface area contributed by atoms with Gasteiger partial charge in [-0.05, 0) is 31.0 Å². The van der Waals surface area contributed by atoms with Crippen molar-refractivity contribution in [2.45, 2.75) is 19.3 Å². The molecular formula is C18H18FNO3. The van der Waals surface area contributed by atoms with Gasteiger partial charge >= 0.3 is 5.97 Å². The van der Waals surface area contributed by atoms with Crippen molar-refractivity contribution in [2.75, 3.05) is 6.54 Å². The van der Waals surface area contributed by atoms with Crippen LogP contribution in [0.4, 0.5) is 4.39 Å². The van der Waals surface area contributed by atoms with Gasteiger partial charge in [0.25, 0.3) is 0 Å². The molecule has 4 nitrogen and oxygen atoms in total. The summed E-state index contributed by atoms with van der Waals surface area (Å²) in [7, 11) is 0. The van der Waals surface area contributed by atoms with Gasteiger partial charge in [0.15, 0.2) is 0 Å². The molecule has 23 heavy (non-hydrogen) atoms. The number of phenolic OH excluding ortho intramolecular Hbond substituents is 1. The second-order valence-electron chi connectivity index (χ2n) is 5.11. The number of hydrogen-bond donors (Lipinski definition) is 2. The first-order chi connectivity index (χ1) is 11.1. The molecule has 0 fully saturated rings. The Balaban J connectivity index is 2.26. The van der Waals surface area contributed by atoms with Gasteiger partial charge in [-0.1, -0.05) is 30.3 Å². The predicted molar refractivity (Wildman–Crippen MR) is 86.5 cm³/mol. The van der Waals surface area contributed by atoms with E-state index in [0.29, 0.717) is 30.7 Å². The third-order valence-corrected chi connectivity index (χ3v) is 3.33. The maximum Gasteiger partial charge on any atom is 0.303 e. The van der Waals surface area contributed by atoms with Crippen molar-refractivity contribution in [3.8, 4) is 5.75 Å². The fourth-order valence-corrected chi connectivity index (χ4v) is 2.20. The summed E-state index contributed by atoms with van der Waals surface area (Å²) >= 11 is 0. The fraction of sp³-hybridized carbons (Fsp3) is 0.222. The van der Waals surface area contributed by atoms with Gasteiger partial charge in [-0.15, -0.1) is 0 Å². The minimum absolute atomic E-state index is 0.0421. The standard InChI is InChI=1S/C18H18FNO3/c19-14-9-10-16(21)15(12-14)18(13-6-2-1-3-7-13)20-11-5-4-8-17(22)23/h1-3,6-7,9-10,12,21H,4-5,8,11H2,(H,22,23). The first-order valence-electron chi connectivity index (χ1n) is 7.38. The Morgan fingerprint density at radius 2 is 1.83 bits per heavy atom. The fourth-order valence-electron chi connectivity index (χ4n) is 2.20. The molecule has 0 aromatic heterocycles. The second kappa shape index (κ2) is 8.08. The average molecular weight is 315 g/mol. The normalized spacial score (nSPS) is 11.4. The number of benzene rings is 2. The predicted octanol–water partition coefficient (Wildman–Crippen LogP) is 3.62. The van der Waals surface area contributed by atoms with E-state index < -0.39 is 11.8 Å². The molecular weight excluding hydrogens is 297 g/mol. The van der Waals surface area contributed by atoms with E-state index in [-0.39, 0.29) is 12.2 Å². The lowest BCUT2D eigenvalue weighted by Gasteiger charge is -2.10. The molecule has 0 atom stereocenters. The number of halogens is 1. The van der Waals surface area contributed by atoms with E-state index in [1.807, 2.05) is 30.3 Å². The maximum absolute atomic E-state index is 13.5. The number of unbranched alkanes of at least 4 members (excludes halogenated alkanes) is 1. The molecule has 2 aromatic rings. The summed E-state index contributed by atoms with van der Waals surface area (Å²) < 4.78 is 13.5. The molecule has 0 bridgehead atoms. The van der Waals surface area contributed by atoms with Crippen LogP contribution in [0.1, 0.15) is 30.4 Å². The molecule has 0 spiro atoms. The van der Waals surface area contributed by atoms with Gasteiger partial charge in [-0.25, -0.2) is 4.39 Å². The molecule has 2 rings (SSSR count). The van der Waals surface area contributed by atoms with Crippen molar-refractivity contribution in [3.63, 3.8) is 0 Å². The number of aliphatic carboxylic acids is 1. The van der Waals surface area contributed by atoms with Crippen LogP contribution in [-0.2, 0) is 4.79 Å². The second-order valence-corrected chi connectivity index (χ2v) is 5.11. The lowest BCUT2D eigenvalue weighted by atomic mass is 10.0. The minimum atomic E-state index is -0.833. The van der Waals surface area contributed by atoms with Crippen molar-refractivity contribution >= 4 is 11.7 Å². The molecule has 0 saturated carbocycles. The van der Waals surface area contributed by atoms with E-state index in [1.54, 1.807) is 0 Å². The maximum atomic E-state index is 13.5. The molecule has 120 valence electrons. The molecule has 5 heteroatoms. The molecule has 0 aliphatic heterocycles. The van der Waals surface area contributed by atoms with Crippen LogP contribution in [-0.4, -0.2) is 28.4 Å². The van der Waals surface area contributed by atoms with Crippen molar-refractivity contribution in [2.24, 2.45) is 4.99 Å². The number of aliphatic imine (C=N–C) groups is 1. The highest BCUT2D eigenvalue weighted by Gasteiger charge is 2.12. The number of phenols is 1. The van der Waals surface area contributed by atoms with E-state index in [1.165, 1.54) is 18.2 Å². The zero-order chi connectivity index (χ0) is 16.7. The van der Waals surface area contributed by atoms with Gasteiger partial charge < -0.3 is 10.2 Å². The Bertz CT molecular complexity index is 699. The Morgan fingerprint density at radius 3 is 2.52 bits per heavy atom. The first-order valence-corrected chi connectivity index (χ1v) is 7.38. The van der Waals surface area contributed by atoms with Crippen molar-refractivity contribution < 1.29 is 19.4 Å². The van der Waals surface area contributed by atoms with Crippen molar-refractivity contribution in [1.29, 1.82) is 0 Å². The van der Waals surface area contributed by atoms with E-state index in [9.17, 15) is 14.3 Å². The number of aromatic hydroxyl groups is 1. The van der Waals surface area contributed by atoms with E-state index in [2.05, 4.69) is 4.99 Å². The highest BCUT2D eigenvalue weighted by Crippen LogP contribution is 2.22. The largest absolute Gasteiger partial charge is 0.507 e. The van der Waals surface area contributed by atoms with Gasteiger partial charge in [0.05, 0.1) is 5.71 Å². The van der Waals surface area contributed by atoms with Gasteiger partial charge in [0, 0.05) is 24.1 Å². The number of nitrogens with zero attached hydrogens (tertiary/aromatic N) is 1. The van der Waals surface area contributed by atoms with Crippen LogP contribution in [0.2, 0.25) is 0 Å². The molecule has 0 aliphatic carbocycles. The van der Waals surface area contributed by atoms with Crippen LogP contribution in [0, 0.1) is 5.82 Å². The van der Waals surface area contributed by atoms with Crippen LogP contribution in [0.25, 0.3) is 0 Å². The third kappa shape index (κ3) is 4.92. The van der Waals surface area contributed by atoms with E-state index >= 15 is 0 Å². The lowest BCUT2D eigenvalue weighted by molar-refractivity contribution is -0.137. The SMILES string of the molecule is O=C(O)CCCCN=C(c1ccccc1)c1cc(F)ccc1O. The number of rotatable bonds is 7. The molecule has 2 N–H and O–H groups in total. The third-order valence-electron chi connectivity index (χ3n) is 3.33. The summed E-state index contributed by atoms with van der Waals surface area (Å²) in [4.78, 5) is 15.0. The van der Waals surface area contributed by atoms with Gasteiger partial charge in [0.2, 0.25) is 0 Å². The molecule has 0 radical (unpaired) electrons. The molecule has 0 heterocycles. The van der Waals surface area contributed by atoms with Crippen LogP contribution >= 0.6 is 0 Å². The molecule has 0 saturated heterocycles. The summed E-state index contributed by atoms with van der Waals surface area (Å²) in [5.41, 5.74) is 1.60. The molecule has 2 aromatic carbocycles. The zero-order valence-electron chi connectivity index (χ0n) is 12.6. The quantitative estimate of drug-likeness (QED) is 0.605. The topological polar surface area (TPSA) is 69.9 Å². The van der Waals surface area contributed by atoms with Crippen molar-refractivity contribution in [3.05, 3.63) is 65.5 Å². The first kappa shape index (κ1) is 16.7. The van der Waals surface area contributed by atoms with Gasteiger partial charge in [-0.3, -0.25) is 9.79 Å². The summed E-state index contributed by atoms with van der Waals surface area (Å²) in [6, 6.07) is 12.9. The Labute approximate surface area is 133 Å². The Hall–Kier alpha value is -2.69. The smallest absolute Gasteiger partial charge is 0.303 e. The zero-order valence-corrected chi connectivity index (χ0v) is 12.6. The number of carboxylic acid groups (broad SMARTS) is 1. The number of carboxylic acids is 1. The van der Waals surface area contributed by atoms with Gasteiger partial charge in [-0.2, -0.15) is 0 Å². The van der Waals surface area contributed by atoms with Gasteiger partial charge in [0.1, 0.15) is 11.6 Å². The van der Waals surface area contributed by atoms with E-state index in [4.69, 9.17) is 5.11 Å². The summed E-state index contributed by atoms with van der Waals surface area (Å²) in [6.45, 7) is 0.410. The average Bonchev–Trinajstić information content (AvgIpc) is 2.54. The Kier molecular flexibility index (Phi) is 5.86. The summed E-state index contributed by atoms with van der Waals surface area (Å²) in [6.07, 6.45) is 1.23. The van der Waals surface area contributed by atoms with Crippen LogP contribution in [0.3, 0.4) is 0 Å². The van der Waals surface area contributed by atoms with Crippen LogP contribution in [0.5, 0.6) is 5.75 Å². The molecule has 0 amide bonds. The monoisotopic (exact) mass is 315 g/mol. The Morgan fingerprint density at radius 1 is 1.09 bits per heavy atom. The van der Waals surface area contributed by atoms with Crippen LogP contribution < -0.4 is 0 Å². The molecule has 0 aliphatic rings. The summed E-state index contributed by atoms with van der Waals surface area (Å²) in [5, 5.41) is 18.7. The van der Waals surface area contributed by atoms with Crippen LogP contribution in [0.15, 0.2) is 53.5 Å². The van der Waals surface area contributed by atoms with E-state index in [0.717, 1.165) is 5.56 Å². The molecule has 0 unspecified atom stereocenters. The lowest BCUT2D eigenvalue weighted by Crippen LogP contribution is -2.06. The summed E-state index contributed by atoms with van der Waals surface area (Å²) in [5.74, 6) is -1.33. The van der Waals surface area contributed by atoms with Crippen molar-refractivity contribution in [1.82, 2.24) is 0 Å².